The van der Waals surface area contributed by atoms with E-state index >= 15 is 0 Å². The van der Waals surface area contributed by atoms with E-state index in [1.807, 2.05) is 0 Å². The highest BCUT2D eigenvalue weighted by Crippen LogP contribution is 2.39. The quantitative estimate of drug-likeness (QED) is 0.841. The zero-order valence-electron chi connectivity index (χ0n) is 13.9. The smallest absolute Gasteiger partial charge is 0.176 e. The number of likely N-dealkylation sites (tertiary alicyclic amines) is 1. The van der Waals surface area contributed by atoms with Crippen molar-refractivity contribution in [2.24, 2.45) is 11.8 Å². The standard InChI is InChI=1S/C19H21N3O3/c23-16-3-1-13(2-4-16)19(24)11-22-9-14-5-17(6-15(14)10-22)25-18-7-20-12-21-8-18/h1-4,7-8,12,14-15,17,23H,5-6,9-11H2/t14-,15+,17+. The number of carbonyl (C=O) groups is 1. The zero-order valence-corrected chi connectivity index (χ0v) is 13.9. The molecule has 4 rings (SSSR count). The van der Waals surface area contributed by atoms with Gasteiger partial charge in [0.25, 0.3) is 0 Å². The highest BCUT2D eigenvalue weighted by molar-refractivity contribution is 5.97. The predicted molar refractivity (Wildman–Crippen MR) is 91.5 cm³/mol. The van der Waals surface area contributed by atoms with Gasteiger partial charge in [-0.25, -0.2) is 9.97 Å². The first-order valence-electron chi connectivity index (χ1n) is 8.63. The molecule has 0 spiro atoms. The number of Topliss-reactive ketones (excluding diaryl/α,β-unsaturated/α-hetero) is 1. The summed E-state index contributed by atoms with van der Waals surface area (Å²) in [5.74, 6) is 2.19. The number of benzene rings is 1. The molecule has 1 aromatic heterocycles. The number of aromatic hydroxyl groups is 1. The third-order valence-corrected chi connectivity index (χ3v) is 5.18. The van der Waals surface area contributed by atoms with Gasteiger partial charge in [-0.1, -0.05) is 0 Å². The average molecular weight is 339 g/mol. The van der Waals surface area contributed by atoms with Crippen molar-refractivity contribution < 1.29 is 14.6 Å². The summed E-state index contributed by atoms with van der Waals surface area (Å²) in [7, 11) is 0. The second-order valence-corrected chi connectivity index (χ2v) is 6.97. The maximum absolute atomic E-state index is 12.4. The summed E-state index contributed by atoms with van der Waals surface area (Å²) in [5.41, 5.74) is 0.653. The summed E-state index contributed by atoms with van der Waals surface area (Å²) in [6.07, 6.45) is 7.15. The second-order valence-electron chi connectivity index (χ2n) is 6.97. The highest BCUT2D eigenvalue weighted by Gasteiger charge is 2.42. The minimum atomic E-state index is 0.106. The van der Waals surface area contributed by atoms with Crippen LogP contribution in [0, 0.1) is 11.8 Å². The third-order valence-electron chi connectivity index (χ3n) is 5.18. The number of hydrogen-bond acceptors (Lipinski definition) is 6. The summed E-state index contributed by atoms with van der Waals surface area (Å²) >= 11 is 0. The molecule has 6 heteroatoms. The third kappa shape index (κ3) is 3.64. The van der Waals surface area contributed by atoms with Crippen molar-refractivity contribution in [3.63, 3.8) is 0 Å². The molecule has 1 aromatic carbocycles. The summed E-state index contributed by atoms with van der Waals surface area (Å²) in [6, 6.07) is 6.48. The molecule has 0 bridgehead atoms. The van der Waals surface area contributed by atoms with E-state index in [1.54, 1.807) is 36.7 Å². The molecule has 3 atom stereocenters. The number of fused-ring (bicyclic) bond motifs is 1. The molecule has 6 nitrogen and oxygen atoms in total. The van der Waals surface area contributed by atoms with Gasteiger partial charge in [0.15, 0.2) is 11.5 Å². The lowest BCUT2D eigenvalue weighted by Crippen LogP contribution is -2.30. The fraction of sp³-hybridized carbons (Fsp3) is 0.421. The molecular formula is C19H21N3O3. The molecule has 2 fully saturated rings. The van der Waals surface area contributed by atoms with E-state index < -0.39 is 0 Å². The number of phenolic OH excluding ortho intramolecular Hbond substituents is 1. The normalized spacial score (nSPS) is 25.7. The van der Waals surface area contributed by atoms with Gasteiger partial charge in [-0.05, 0) is 48.9 Å². The minimum Gasteiger partial charge on any atom is -0.508 e. The molecule has 130 valence electrons. The molecule has 0 amide bonds. The van der Waals surface area contributed by atoms with Crippen LogP contribution in [0.4, 0.5) is 0 Å². The van der Waals surface area contributed by atoms with Crippen LogP contribution in [0.25, 0.3) is 0 Å². The number of hydrogen-bond donors (Lipinski definition) is 1. The second kappa shape index (κ2) is 6.80. The SMILES string of the molecule is O=C(CN1C[C@H]2C[C@H](Oc3cncnc3)C[C@H]2C1)c1ccc(O)cc1. The lowest BCUT2D eigenvalue weighted by atomic mass is 10.0. The molecule has 1 aliphatic heterocycles. The first-order valence-corrected chi connectivity index (χ1v) is 8.63. The van der Waals surface area contributed by atoms with E-state index in [-0.39, 0.29) is 17.6 Å². The van der Waals surface area contributed by atoms with Gasteiger partial charge in [-0.3, -0.25) is 9.69 Å². The maximum atomic E-state index is 12.4. The van der Waals surface area contributed by atoms with E-state index in [2.05, 4.69) is 14.9 Å². The van der Waals surface area contributed by atoms with Crippen LogP contribution in [0.2, 0.25) is 0 Å². The van der Waals surface area contributed by atoms with Crippen LogP contribution in [0.5, 0.6) is 11.5 Å². The molecule has 25 heavy (non-hydrogen) atoms. The number of ether oxygens (including phenoxy) is 1. The van der Waals surface area contributed by atoms with Gasteiger partial charge in [0.05, 0.1) is 25.0 Å². The fourth-order valence-electron chi connectivity index (χ4n) is 4.05. The summed E-state index contributed by atoms with van der Waals surface area (Å²) in [5, 5.41) is 9.32. The van der Waals surface area contributed by atoms with Crippen LogP contribution >= 0.6 is 0 Å². The van der Waals surface area contributed by atoms with Crippen LogP contribution in [0.1, 0.15) is 23.2 Å². The first-order chi connectivity index (χ1) is 12.2. The van der Waals surface area contributed by atoms with Gasteiger partial charge in [-0.15, -0.1) is 0 Å². The van der Waals surface area contributed by atoms with Gasteiger partial charge in [0, 0.05) is 18.7 Å². The van der Waals surface area contributed by atoms with Gasteiger partial charge in [-0.2, -0.15) is 0 Å². The minimum absolute atomic E-state index is 0.106. The molecule has 2 aromatic rings. The molecular weight excluding hydrogens is 318 g/mol. The predicted octanol–water partition coefficient (Wildman–Crippen LogP) is 2.15. The summed E-state index contributed by atoms with van der Waals surface area (Å²) in [6.45, 7) is 2.33. The van der Waals surface area contributed by atoms with Gasteiger partial charge < -0.3 is 9.84 Å². The Hall–Kier alpha value is -2.47. The number of ketones is 1. The molecule has 0 unspecified atom stereocenters. The molecule has 1 saturated heterocycles. The van der Waals surface area contributed by atoms with E-state index in [0.29, 0.717) is 23.9 Å². The molecule has 1 saturated carbocycles. The number of aromatic nitrogens is 2. The van der Waals surface area contributed by atoms with Crippen LogP contribution in [-0.4, -0.2) is 51.5 Å². The lowest BCUT2D eigenvalue weighted by Gasteiger charge is -2.19. The Kier molecular flexibility index (Phi) is 4.36. The Labute approximate surface area is 146 Å². The summed E-state index contributed by atoms with van der Waals surface area (Å²) < 4.78 is 5.97. The van der Waals surface area contributed by atoms with Gasteiger partial charge in [0.2, 0.25) is 0 Å². The zero-order chi connectivity index (χ0) is 17.2. The largest absolute Gasteiger partial charge is 0.508 e. The fourth-order valence-corrected chi connectivity index (χ4v) is 4.05. The van der Waals surface area contributed by atoms with Crippen molar-refractivity contribution in [3.05, 3.63) is 48.5 Å². The molecule has 2 heterocycles. The molecule has 2 aliphatic rings. The van der Waals surface area contributed by atoms with E-state index in [0.717, 1.165) is 31.7 Å². The van der Waals surface area contributed by atoms with Crippen molar-refractivity contribution in [1.29, 1.82) is 0 Å². The Bertz CT molecular complexity index is 721. The van der Waals surface area contributed by atoms with Crippen molar-refractivity contribution in [1.82, 2.24) is 14.9 Å². The van der Waals surface area contributed by atoms with Crippen molar-refractivity contribution in [2.75, 3.05) is 19.6 Å². The van der Waals surface area contributed by atoms with Gasteiger partial charge >= 0.3 is 0 Å². The van der Waals surface area contributed by atoms with Crippen LogP contribution in [0.3, 0.4) is 0 Å². The Morgan fingerprint density at radius 1 is 1.12 bits per heavy atom. The Morgan fingerprint density at radius 2 is 1.76 bits per heavy atom. The lowest BCUT2D eigenvalue weighted by molar-refractivity contribution is 0.0936. The topological polar surface area (TPSA) is 75.6 Å². The molecule has 1 N–H and O–H groups in total. The van der Waals surface area contributed by atoms with Crippen molar-refractivity contribution >= 4 is 5.78 Å². The monoisotopic (exact) mass is 339 g/mol. The van der Waals surface area contributed by atoms with E-state index in [9.17, 15) is 9.90 Å². The van der Waals surface area contributed by atoms with E-state index in [1.165, 1.54) is 6.33 Å². The van der Waals surface area contributed by atoms with E-state index in [4.69, 9.17) is 4.74 Å². The van der Waals surface area contributed by atoms with Crippen molar-refractivity contribution in [3.8, 4) is 11.5 Å². The highest BCUT2D eigenvalue weighted by atomic mass is 16.5. The number of carbonyl (C=O) groups excluding carboxylic acids is 1. The maximum Gasteiger partial charge on any atom is 0.176 e. The Morgan fingerprint density at radius 3 is 2.40 bits per heavy atom. The number of nitrogens with zero attached hydrogens (tertiary/aromatic N) is 3. The molecule has 0 radical (unpaired) electrons. The number of phenols is 1. The van der Waals surface area contributed by atoms with Crippen LogP contribution in [0.15, 0.2) is 43.0 Å². The average Bonchev–Trinajstić information content (AvgIpc) is 3.14. The molecule has 1 aliphatic carbocycles. The van der Waals surface area contributed by atoms with Crippen molar-refractivity contribution in [2.45, 2.75) is 18.9 Å². The summed E-state index contributed by atoms with van der Waals surface area (Å²) in [4.78, 5) is 22.6. The van der Waals surface area contributed by atoms with Gasteiger partial charge in [0.1, 0.15) is 12.1 Å². The first kappa shape index (κ1) is 16.0. The Balaban J connectivity index is 1.29. The van der Waals surface area contributed by atoms with Crippen LogP contribution < -0.4 is 4.74 Å². The number of rotatable bonds is 5. The van der Waals surface area contributed by atoms with Crippen LogP contribution in [-0.2, 0) is 0 Å².